The third-order valence-electron chi connectivity index (χ3n) is 5.71. The molecule has 6 nitrogen and oxygen atoms in total. The first-order valence-corrected chi connectivity index (χ1v) is 10.9. The van der Waals surface area contributed by atoms with Crippen LogP contribution in [-0.4, -0.2) is 42.3 Å². The molecule has 0 unspecified atom stereocenters. The van der Waals surface area contributed by atoms with E-state index in [4.69, 9.17) is 23.2 Å². The third-order valence-corrected chi connectivity index (χ3v) is 6.30. The van der Waals surface area contributed by atoms with Gasteiger partial charge in [-0.05, 0) is 42.1 Å². The summed E-state index contributed by atoms with van der Waals surface area (Å²) in [5.74, 6) is -0.922. The third kappa shape index (κ3) is 3.92. The number of benzene rings is 3. The summed E-state index contributed by atoms with van der Waals surface area (Å²) < 4.78 is 0. The molecule has 164 valence electrons. The van der Waals surface area contributed by atoms with Gasteiger partial charge in [-0.2, -0.15) is 0 Å². The Morgan fingerprint density at radius 2 is 1.81 bits per heavy atom. The van der Waals surface area contributed by atoms with Crippen LogP contribution in [0.4, 0.5) is 5.69 Å². The maximum absolute atomic E-state index is 13.4. The number of hydrogen-bond donors (Lipinski definition) is 1. The Labute approximate surface area is 195 Å². The number of anilines is 1. The molecule has 32 heavy (non-hydrogen) atoms. The molecule has 4 rings (SSSR count). The van der Waals surface area contributed by atoms with Gasteiger partial charge in [-0.15, -0.1) is 0 Å². The molecule has 1 aliphatic rings. The predicted octanol–water partition coefficient (Wildman–Crippen LogP) is 4.27. The number of nitrogens with one attached hydrogen (secondary N) is 1. The number of likely N-dealkylation sites (N-methyl/N-ethyl adjacent to an activating group) is 1. The molecule has 0 aliphatic carbocycles. The Balaban J connectivity index is 1.65. The fourth-order valence-electron chi connectivity index (χ4n) is 3.99. The lowest BCUT2D eigenvalue weighted by molar-refractivity contribution is -0.139. The minimum atomic E-state index is -0.768. The quantitative estimate of drug-likeness (QED) is 0.585. The molecular formula is C24H21Cl2N3O3. The second-order valence-corrected chi connectivity index (χ2v) is 8.46. The highest BCUT2D eigenvalue weighted by Crippen LogP contribution is 2.37. The van der Waals surface area contributed by atoms with Crippen molar-refractivity contribution in [2.75, 3.05) is 18.5 Å². The molecule has 8 heteroatoms. The van der Waals surface area contributed by atoms with E-state index in [2.05, 4.69) is 5.32 Å². The molecule has 3 amide bonds. The zero-order valence-corrected chi connectivity index (χ0v) is 19.1. The standard InChI is InChI=1S/C24H21Cl2N3O3/c1-14(23(31)27-2)28(12-16-9-10-17(25)11-19(16)26)21(30)13-29-20-8-4-6-15-5-3-7-18(22(15)20)24(29)32/h3-11,14H,12-13H2,1-2H3,(H,27,31)/t14-/m1/s1. The first-order chi connectivity index (χ1) is 15.3. The van der Waals surface area contributed by atoms with Crippen LogP contribution >= 0.6 is 23.2 Å². The fourth-order valence-corrected chi connectivity index (χ4v) is 4.46. The Morgan fingerprint density at radius 3 is 2.50 bits per heavy atom. The summed E-state index contributed by atoms with van der Waals surface area (Å²) >= 11 is 12.3. The Hall–Kier alpha value is -3.09. The second-order valence-electron chi connectivity index (χ2n) is 7.62. The van der Waals surface area contributed by atoms with E-state index in [1.165, 1.54) is 16.8 Å². The van der Waals surface area contributed by atoms with Gasteiger partial charge in [0.1, 0.15) is 12.6 Å². The fraction of sp³-hybridized carbons (Fsp3) is 0.208. The molecule has 0 bridgehead atoms. The normalized spacial score (nSPS) is 13.4. The lowest BCUT2D eigenvalue weighted by Crippen LogP contribution is -2.50. The molecule has 3 aromatic carbocycles. The number of halogens is 2. The van der Waals surface area contributed by atoms with E-state index in [-0.39, 0.29) is 30.8 Å². The van der Waals surface area contributed by atoms with Crippen molar-refractivity contribution in [3.05, 3.63) is 75.8 Å². The van der Waals surface area contributed by atoms with Crippen LogP contribution < -0.4 is 10.2 Å². The van der Waals surface area contributed by atoms with E-state index in [9.17, 15) is 14.4 Å². The van der Waals surface area contributed by atoms with E-state index in [0.717, 1.165) is 10.8 Å². The van der Waals surface area contributed by atoms with Crippen molar-refractivity contribution < 1.29 is 14.4 Å². The van der Waals surface area contributed by atoms with E-state index >= 15 is 0 Å². The van der Waals surface area contributed by atoms with Crippen LogP contribution in [0, 0.1) is 0 Å². The number of hydrogen-bond acceptors (Lipinski definition) is 3. The number of rotatable bonds is 6. The van der Waals surface area contributed by atoms with Crippen LogP contribution in [0.5, 0.6) is 0 Å². The van der Waals surface area contributed by atoms with E-state index < -0.39 is 6.04 Å². The maximum Gasteiger partial charge on any atom is 0.259 e. The SMILES string of the molecule is CNC(=O)[C@@H](C)N(Cc1ccc(Cl)cc1Cl)C(=O)CN1C(=O)c2cccc3cccc1c23. The highest BCUT2D eigenvalue weighted by molar-refractivity contribution is 6.35. The summed E-state index contributed by atoms with van der Waals surface area (Å²) in [6.07, 6.45) is 0. The van der Waals surface area contributed by atoms with Crippen molar-refractivity contribution in [3.8, 4) is 0 Å². The van der Waals surface area contributed by atoms with Crippen molar-refractivity contribution in [2.24, 2.45) is 0 Å². The topological polar surface area (TPSA) is 69.7 Å². The summed E-state index contributed by atoms with van der Waals surface area (Å²) in [5, 5.41) is 5.22. The molecule has 3 aromatic rings. The van der Waals surface area contributed by atoms with Gasteiger partial charge in [-0.3, -0.25) is 19.3 Å². The van der Waals surface area contributed by atoms with Gasteiger partial charge in [-0.25, -0.2) is 0 Å². The van der Waals surface area contributed by atoms with Crippen molar-refractivity contribution >= 4 is 57.4 Å². The van der Waals surface area contributed by atoms with Gasteiger partial charge in [-0.1, -0.05) is 53.5 Å². The van der Waals surface area contributed by atoms with E-state index in [0.29, 0.717) is 26.9 Å². The average Bonchev–Trinajstić information content (AvgIpc) is 3.05. The van der Waals surface area contributed by atoms with E-state index in [1.54, 1.807) is 31.2 Å². The molecule has 1 aliphatic heterocycles. The molecule has 1 N–H and O–H groups in total. The van der Waals surface area contributed by atoms with Crippen LogP contribution in [0.2, 0.25) is 10.0 Å². The summed E-state index contributed by atoms with van der Waals surface area (Å²) in [7, 11) is 1.51. The minimum absolute atomic E-state index is 0.0998. The average molecular weight is 470 g/mol. The Bertz CT molecular complexity index is 1240. The van der Waals surface area contributed by atoms with Gasteiger partial charge in [0.2, 0.25) is 11.8 Å². The summed E-state index contributed by atoms with van der Waals surface area (Å²) in [6.45, 7) is 1.55. The van der Waals surface area contributed by atoms with E-state index in [1.807, 2.05) is 30.3 Å². The molecule has 1 atom stereocenters. The monoisotopic (exact) mass is 469 g/mol. The highest BCUT2D eigenvalue weighted by Gasteiger charge is 2.34. The maximum atomic E-state index is 13.4. The number of carbonyl (C=O) groups is 3. The predicted molar refractivity (Wildman–Crippen MR) is 126 cm³/mol. The molecular weight excluding hydrogens is 449 g/mol. The Kier molecular flexibility index (Phi) is 6.09. The highest BCUT2D eigenvalue weighted by atomic mass is 35.5. The lowest BCUT2D eigenvalue weighted by Gasteiger charge is -2.30. The Morgan fingerprint density at radius 1 is 1.09 bits per heavy atom. The molecule has 0 saturated carbocycles. The van der Waals surface area contributed by atoms with Crippen molar-refractivity contribution in [2.45, 2.75) is 19.5 Å². The van der Waals surface area contributed by atoms with Crippen LogP contribution in [0.25, 0.3) is 10.8 Å². The molecule has 0 aromatic heterocycles. The van der Waals surface area contributed by atoms with Crippen LogP contribution in [0.3, 0.4) is 0 Å². The van der Waals surface area contributed by atoms with Gasteiger partial charge in [0.25, 0.3) is 5.91 Å². The van der Waals surface area contributed by atoms with Crippen molar-refractivity contribution in [1.29, 1.82) is 0 Å². The smallest absolute Gasteiger partial charge is 0.259 e. The first-order valence-electron chi connectivity index (χ1n) is 10.1. The molecule has 0 radical (unpaired) electrons. The molecule has 0 spiro atoms. The largest absolute Gasteiger partial charge is 0.357 e. The lowest BCUT2D eigenvalue weighted by atomic mass is 10.1. The van der Waals surface area contributed by atoms with Crippen LogP contribution in [0.15, 0.2) is 54.6 Å². The van der Waals surface area contributed by atoms with Crippen LogP contribution in [-0.2, 0) is 16.1 Å². The number of carbonyl (C=O) groups excluding carboxylic acids is 3. The summed E-state index contributed by atoms with van der Waals surface area (Å²) in [6, 6.07) is 15.4. The van der Waals surface area contributed by atoms with Gasteiger partial charge < -0.3 is 10.2 Å². The van der Waals surface area contributed by atoms with Crippen molar-refractivity contribution in [3.63, 3.8) is 0 Å². The van der Waals surface area contributed by atoms with Gasteiger partial charge >= 0.3 is 0 Å². The van der Waals surface area contributed by atoms with Gasteiger partial charge in [0.15, 0.2) is 0 Å². The summed E-state index contributed by atoms with van der Waals surface area (Å²) in [4.78, 5) is 41.8. The van der Waals surface area contributed by atoms with Crippen LogP contribution in [0.1, 0.15) is 22.8 Å². The van der Waals surface area contributed by atoms with Crippen molar-refractivity contribution in [1.82, 2.24) is 10.2 Å². The molecule has 0 fully saturated rings. The molecule has 0 saturated heterocycles. The molecule has 1 heterocycles. The van der Waals surface area contributed by atoms with Gasteiger partial charge in [0.05, 0.1) is 5.69 Å². The first kappa shape index (κ1) is 22.1. The zero-order valence-electron chi connectivity index (χ0n) is 17.6. The zero-order chi connectivity index (χ0) is 23.0. The number of amides is 3. The van der Waals surface area contributed by atoms with Gasteiger partial charge in [0, 0.05) is 34.6 Å². The minimum Gasteiger partial charge on any atom is -0.357 e. The number of nitrogens with zero attached hydrogens (tertiary/aromatic N) is 2. The second kappa shape index (κ2) is 8.81. The summed E-state index contributed by atoms with van der Waals surface area (Å²) in [5.41, 5.74) is 1.91.